The van der Waals surface area contributed by atoms with Gasteiger partial charge in [-0.05, 0) is 56.4 Å². The van der Waals surface area contributed by atoms with Crippen molar-refractivity contribution in [2.75, 3.05) is 11.5 Å². The highest BCUT2D eigenvalue weighted by Gasteiger charge is 2.33. The summed E-state index contributed by atoms with van der Waals surface area (Å²) in [4.78, 5) is 19.0. The largest absolute Gasteiger partial charge is 0.462 e. The van der Waals surface area contributed by atoms with E-state index in [0.717, 1.165) is 37.2 Å². The molecule has 1 fully saturated rings. The van der Waals surface area contributed by atoms with E-state index in [2.05, 4.69) is 10.1 Å². The van der Waals surface area contributed by atoms with Gasteiger partial charge in [-0.3, -0.25) is 4.90 Å². The highest BCUT2D eigenvalue weighted by atomic mass is 32.1. The summed E-state index contributed by atoms with van der Waals surface area (Å²) in [5.74, 6) is 0.453. The van der Waals surface area contributed by atoms with Gasteiger partial charge in [-0.15, -0.1) is 0 Å². The molecule has 1 aliphatic carbocycles. The lowest BCUT2D eigenvalue weighted by atomic mass is 9.92. The SMILES string of the molecule is CCOC(=O)c1sc(N2C=NN(Cc3ccc(C(F)(F)F)cc3)C2=C2CCC2)nc1C. The molecule has 4 rings (SSSR count). The van der Waals surface area contributed by atoms with Crippen LogP contribution in [-0.2, 0) is 17.5 Å². The fourth-order valence-electron chi connectivity index (χ4n) is 3.38. The second kappa shape index (κ2) is 8.33. The molecule has 2 aromatic rings. The third kappa shape index (κ3) is 4.30. The van der Waals surface area contributed by atoms with Gasteiger partial charge in [0, 0.05) is 0 Å². The number of anilines is 1. The maximum Gasteiger partial charge on any atom is 0.416 e. The van der Waals surface area contributed by atoms with Crippen molar-refractivity contribution in [1.82, 2.24) is 9.99 Å². The van der Waals surface area contributed by atoms with Crippen LogP contribution in [0.3, 0.4) is 0 Å². The summed E-state index contributed by atoms with van der Waals surface area (Å²) in [7, 11) is 0. The number of halogens is 3. The van der Waals surface area contributed by atoms with Gasteiger partial charge in [0.1, 0.15) is 17.0 Å². The van der Waals surface area contributed by atoms with E-state index in [1.54, 1.807) is 25.2 Å². The fraction of sp³-hybridized carbons (Fsp3) is 0.381. The van der Waals surface area contributed by atoms with E-state index in [4.69, 9.17) is 4.74 Å². The molecule has 0 amide bonds. The number of hydrogen-bond donors (Lipinski definition) is 0. The molecule has 2 heterocycles. The predicted octanol–water partition coefficient (Wildman–Crippen LogP) is 5.31. The fourth-order valence-corrected chi connectivity index (χ4v) is 4.31. The van der Waals surface area contributed by atoms with E-state index in [0.29, 0.717) is 27.8 Å². The smallest absolute Gasteiger partial charge is 0.416 e. The molecule has 1 aliphatic heterocycles. The van der Waals surface area contributed by atoms with E-state index < -0.39 is 17.7 Å². The Kier molecular flexibility index (Phi) is 5.74. The molecule has 0 radical (unpaired) electrons. The number of allylic oxidation sites excluding steroid dienone is 1. The number of carbonyl (C=O) groups excluding carboxylic acids is 1. The van der Waals surface area contributed by atoms with Crippen LogP contribution in [0.1, 0.15) is 52.7 Å². The number of ether oxygens (including phenoxy) is 1. The van der Waals surface area contributed by atoms with Crippen molar-refractivity contribution >= 4 is 28.8 Å². The zero-order valence-electron chi connectivity index (χ0n) is 17.1. The molecule has 1 saturated carbocycles. The first kappa shape index (κ1) is 21.4. The third-order valence-corrected chi connectivity index (χ3v) is 6.26. The number of hydrazone groups is 1. The van der Waals surface area contributed by atoms with Gasteiger partial charge in [0.2, 0.25) is 0 Å². The third-order valence-electron chi connectivity index (χ3n) is 5.12. The zero-order valence-corrected chi connectivity index (χ0v) is 17.9. The second-order valence-electron chi connectivity index (χ2n) is 7.27. The van der Waals surface area contributed by atoms with E-state index in [-0.39, 0.29) is 6.61 Å². The average molecular weight is 450 g/mol. The number of thiazole rings is 1. The number of aryl methyl sites for hydroxylation is 1. The summed E-state index contributed by atoms with van der Waals surface area (Å²) in [5, 5.41) is 6.85. The Morgan fingerprint density at radius 1 is 1.23 bits per heavy atom. The summed E-state index contributed by atoms with van der Waals surface area (Å²) >= 11 is 1.24. The van der Waals surface area contributed by atoms with Crippen LogP contribution in [0, 0.1) is 6.92 Å². The van der Waals surface area contributed by atoms with Crippen LogP contribution >= 0.6 is 11.3 Å². The van der Waals surface area contributed by atoms with Crippen LogP contribution in [0.15, 0.2) is 40.8 Å². The molecular weight excluding hydrogens is 429 g/mol. The van der Waals surface area contributed by atoms with Gasteiger partial charge in [-0.2, -0.15) is 18.3 Å². The highest BCUT2D eigenvalue weighted by Crippen LogP contribution is 2.39. The van der Waals surface area contributed by atoms with E-state index in [9.17, 15) is 18.0 Å². The molecule has 0 unspecified atom stereocenters. The molecule has 6 nitrogen and oxygen atoms in total. The lowest BCUT2D eigenvalue weighted by Crippen LogP contribution is -2.27. The van der Waals surface area contributed by atoms with Crippen LogP contribution in [0.4, 0.5) is 18.3 Å². The molecular formula is C21H21F3N4O2S. The zero-order chi connectivity index (χ0) is 22.2. The molecule has 0 spiro atoms. The van der Waals surface area contributed by atoms with Crippen molar-refractivity contribution in [3.63, 3.8) is 0 Å². The Bertz CT molecular complexity index is 1040. The molecule has 31 heavy (non-hydrogen) atoms. The van der Waals surface area contributed by atoms with Gasteiger partial charge in [-0.25, -0.2) is 14.8 Å². The summed E-state index contributed by atoms with van der Waals surface area (Å²) in [6, 6.07) is 5.10. The number of hydrogen-bond acceptors (Lipinski definition) is 7. The van der Waals surface area contributed by atoms with Crippen molar-refractivity contribution in [3.05, 3.63) is 57.4 Å². The molecule has 0 saturated heterocycles. The first-order chi connectivity index (χ1) is 14.8. The van der Waals surface area contributed by atoms with Gasteiger partial charge >= 0.3 is 12.1 Å². The van der Waals surface area contributed by atoms with Crippen LogP contribution in [0.25, 0.3) is 0 Å². The van der Waals surface area contributed by atoms with Crippen LogP contribution in [0.2, 0.25) is 0 Å². The van der Waals surface area contributed by atoms with Crippen LogP contribution in [0.5, 0.6) is 0 Å². The monoisotopic (exact) mass is 450 g/mol. The van der Waals surface area contributed by atoms with E-state index >= 15 is 0 Å². The topological polar surface area (TPSA) is 58.0 Å². The van der Waals surface area contributed by atoms with Crippen LogP contribution < -0.4 is 4.90 Å². The van der Waals surface area contributed by atoms with Crippen molar-refractivity contribution in [1.29, 1.82) is 0 Å². The van der Waals surface area contributed by atoms with Gasteiger partial charge in [0.15, 0.2) is 5.13 Å². The first-order valence-corrected chi connectivity index (χ1v) is 10.7. The summed E-state index contributed by atoms with van der Waals surface area (Å²) in [6.07, 6.45) is 0.199. The van der Waals surface area contributed by atoms with Crippen molar-refractivity contribution in [3.8, 4) is 0 Å². The maximum atomic E-state index is 12.8. The van der Waals surface area contributed by atoms with Gasteiger partial charge in [-0.1, -0.05) is 23.5 Å². The van der Waals surface area contributed by atoms with E-state index in [1.165, 1.54) is 29.0 Å². The quantitative estimate of drug-likeness (QED) is 0.578. The highest BCUT2D eigenvalue weighted by molar-refractivity contribution is 7.17. The van der Waals surface area contributed by atoms with Gasteiger partial charge in [0.05, 0.1) is 24.4 Å². The molecule has 10 heteroatoms. The Labute approximate surface area is 181 Å². The minimum absolute atomic E-state index is 0.285. The Morgan fingerprint density at radius 2 is 1.94 bits per heavy atom. The first-order valence-electron chi connectivity index (χ1n) is 9.91. The van der Waals surface area contributed by atoms with Gasteiger partial charge in [0.25, 0.3) is 0 Å². The summed E-state index contributed by atoms with van der Waals surface area (Å²) < 4.78 is 43.6. The normalized spacial score (nSPS) is 16.2. The Balaban J connectivity index is 1.58. The Hall–Kier alpha value is -2.88. The number of rotatable bonds is 5. The average Bonchev–Trinajstić information content (AvgIpc) is 3.24. The molecule has 164 valence electrons. The lowest BCUT2D eigenvalue weighted by molar-refractivity contribution is -0.137. The number of carbonyl (C=O) groups is 1. The molecule has 0 atom stereocenters. The van der Waals surface area contributed by atoms with Gasteiger partial charge < -0.3 is 4.74 Å². The minimum atomic E-state index is -4.36. The summed E-state index contributed by atoms with van der Waals surface area (Å²) in [6.45, 7) is 4.13. The summed E-state index contributed by atoms with van der Waals surface area (Å²) in [5.41, 5.74) is 1.83. The molecule has 0 N–H and O–H groups in total. The lowest BCUT2D eigenvalue weighted by Gasteiger charge is -2.28. The number of aromatic nitrogens is 1. The van der Waals surface area contributed by atoms with Crippen molar-refractivity contribution < 1.29 is 22.7 Å². The van der Waals surface area contributed by atoms with Crippen LogP contribution in [-0.4, -0.2) is 28.9 Å². The Morgan fingerprint density at radius 3 is 2.52 bits per heavy atom. The van der Waals surface area contributed by atoms with Crippen molar-refractivity contribution in [2.45, 2.75) is 45.8 Å². The maximum absolute atomic E-state index is 12.8. The standard InChI is InChI=1S/C21H21F3N4O2S/c1-3-30-19(29)17-13(2)26-20(31-17)27-12-25-28(18(27)15-5-4-6-15)11-14-7-9-16(10-8-14)21(22,23)24/h7-10,12H,3-6,11H2,1-2H3. The van der Waals surface area contributed by atoms with E-state index in [1.807, 2.05) is 4.90 Å². The second-order valence-corrected chi connectivity index (χ2v) is 8.24. The number of nitrogens with zero attached hydrogens (tertiary/aromatic N) is 4. The van der Waals surface area contributed by atoms with Crippen molar-refractivity contribution in [2.24, 2.45) is 5.10 Å². The number of esters is 1. The molecule has 0 bridgehead atoms. The minimum Gasteiger partial charge on any atom is -0.462 e. The molecule has 1 aromatic heterocycles. The number of alkyl halides is 3. The number of benzene rings is 1. The molecule has 2 aliphatic rings. The molecule has 1 aromatic carbocycles. The predicted molar refractivity (Wildman–Crippen MR) is 112 cm³/mol.